The first-order chi connectivity index (χ1) is 11.0. The first-order valence-corrected chi connectivity index (χ1v) is 6.26. The van der Waals surface area contributed by atoms with E-state index in [-0.39, 0.29) is 28.1 Å². The van der Waals surface area contributed by atoms with Gasteiger partial charge in [0.2, 0.25) is 0 Å². The Morgan fingerprint density at radius 1 is 0.870 bits per heavy atom. The van der Waals surface area contributed by atoms with E-state index in [0.717, 1.165) is 12.1 Å². The molecular weight excluding hydrogens is 312 g/mol. The minimum atomic E-state index is -1.34. The van der Waals surface area contributed by atoms with Crippen molar-refractivity contribution >= 4 is 0 Å². The van der Waals surface area contributed by atoms with E-state index < -0.39 is 23.3 Å². The summed E-state index contributed by atoms with van der Waals surface area (Å²) in [4.78, 5) is 0. The number of hydrogen-bond acceptors (Lipinski definition) is 3. The Labute approximate surface area is 127 Å². The highest BCUT2D eigenvalue weighted by Gasteiger charge is 2.16. The molecule has 1 N–H and O–H groups in total. The molecule has 8 heteroatoms. The predicted molar refractivity (Wildman–Crippen MR) is 71.8 cm³/mol. The Balaban J connectivity index is 2.20. The lowest BCUT2D eigenvalue weighted by molar-refractivity contribution is 0.496. The van der Waals surface area contributed by atoms with E-state index in [1.54, 1.807) is 6.07 Å². The normalized spacial score (nSPS) is 10.6. The second-order valence-electron chi connectivity index (χ2n) is 4.62. The highest BCUT2D eigenvalue weighted by atomic mass is 19.2. The quantitative estimate of drug-likeness (QED) is 0.580. The summed E-state index contributed by atoms with van der Waals surface area (Å²) >= 11 is 0. The Morgan fingerprint density at radius 3 is 2.30 bits per heavy atom. The summed E-state index contributed by atoms with van der Waals surface area (Å²) in [7, 11) is 0. The molecule has 0 saturated heterocycles. The number of H-pyrrole nitrogens is 1. The third-order valence-corrected chi connectivity index (χ3v) is 3.15. The summed E-state index contributed by atoms with van der Waals surface area (Å²) in [5.74, 6) is -4.40. The molecule has 1 heterocycles. The lowest BCUT2D eigenvalue weighted by Crippen LogP contribution is -1.93. The van der Waals surface area contributed by atoms with Gasteiger partial charge in [-0.1, -0.05) is 5.21 Å². The smallest absolute Gasteiger partial charge is 0.163 e. The lowest BCUT2D eigenvalue weighted by atomic mass is 10.00. The van der Waals surface area contributed by atoms with Gasteiger partial charge in [-0.2, -0.15) is 5.26 Å². The molecule has 4 nitrogen and oxygen atoms in total. The minimum absolute atomic E-state index is 0.00712. The molecule has 0 bridgehead atoms. The van der Waals surface area contributed by atoms with E-state index in [1.807, 2.05) is 0 Å². The van der Waals surface area contributed by atoms with Gasteiger partial charge in [0.05, 0.1) is 0 Å². The molecule has 3 rings (SSSR count). The van der Waals surface area contributed by atoms with Crippen LogP contribution in [-0.2, 0) is 0 Å². The van der Waals surface area contributed by atoms with Crippen molar-refractivity contribution in [3.63, 3.8) is 0 Å². The number of nitrogens with zero attached hydrogens (tertiary/aromatic N) is 3. The number of rotatable bonds is 2. The molecule has 0 spiro atoms. The molecule has 0 aliphatic carbocycles. The van der Waals surface area contributed by atoms with Crippen molar-refractivity contribution in [2.24, 2.45) is 0 Å². The maximum atomic E-state index is 13.9. The highest BCUT2D eigenvalue weighted by Crippen LogP contribution is 2.30. The molecule has 1 aromatic heterocycles. The predicted octanol–water partition coefficient (Wildman–Crippen LogP) is 3.57. The zero-order chi connectivity index (χ0) is 16.6. The van der Waals surface area contributed by atoms with Crippen molar-refractivity contribution in [1.29, 1.82) is 5.26 Å². The molecule has 0 unspecified atom stereocenters. The van der Waals surface area contributed by atoms with Gasteiger partial charge in [-0.25, -0.2) is 22.7 Å². The van der Waals surface area contributed by atoms with Crippen molar-refractivity contribution < 1.29 is 17.6 Å². The van der Waals surface area contributed by atoms with Crippen LogP contribution in [0.4, 0.5) is 17.6 Å². The molecule has 3 aromatic rings. The number of nitriles is 1. The van der Waals surface area contributed by atoms with Crippen LogP contribution in [0.15, 0.2) is 30.3 Å². The SMILES string of the molecule is N#Cc1[nH]nnc1-c1cc(F)cc(-c2cc(F)c(F)cc2F)c1. The Bertz CT molecular complexity index is 943. The number of benzene rings is 2. The van der Waals surface area contributed by atoms with Crippen LogP contribution in [0.2, 0.25) is 0 Å². The lowest BCUT2D eigenvalue weighted by Gasteiger charge is -2.07. The van der Waals surface area contributed by atoms with Crippen LogP contribution < -0.4 is 0 Å². The fourth-order valence-electron chi connectivity index (χ4n) is 2.13. The third kappa shape index (κ3) is 2.64. The topological polar surface area (TPSA) is 65.4 Å². The van der Waals surface area contributed by atoms with E-state index in [0.29, 0.717) is 12.1 Å². The van der Waals surface area contributed by atoms with E-state index in [4.69, 9.17) is 5.26 Å². The van der Waals surface area contributed by atoms with Crippen LogP contribution in [0.5, 0.6) is 0 Å². The van der Waals surface area contributed by atoms with E-state index >= 15 is 0 Å². The fraction of sp³-hybridized carbons (Fsp3) is 0. The second kappa shape index (κ2) is 5.53. The van der Waals surface area contributed by atoms with E-state index in [9.17, 15) is 17.6 Å². The summed E-state index contributed by atoms with van der Waals surface area (Å²) in [6, 6.07) is 6.15. The van der Waals surface area contributed by atoms with E-state index in [1.165, 1.54) is 6.07 Å². The van der Waals surface area contributed by atoms with Crippen LogP contribution in [0.25, 0.3) is 22.4 Å². The average molecular weight is 318 g/mol. The molecule has 0 amide bonds. The van der Waals surface area contributed by atoms with Gasteiger partial charge in [-0.3, -0.25) is 0 Å². The van der Waals surface area contributed by atoms with E-state index in [2.05, 4.69) is 15.4 Å². The number of halogens is 4. The number of nitrogens with one attached hydrogen (secondary N) is 1. The van der Waals surface area contributed by atoms with Crippen molar-refractivity contribution in [3.8, 4) is 28.5 Å². The van der Waals surface area contributed by atoms with Gasteiger partial charge < -0.3 is 0 Å². The molecule has 0 aliphatic rings. The minimum Gasteiger partial charge on any atom is -0.247 e. The maximum Gasteiger partial charge on any atom is 0.163 e. The molecular formula is C15H6F4N4. The van der Waals surface area contributed by atoms with Crippen molar-refractivity contribution in [2.45, 2.75) is 0 Å². The summed E-state index contributed by atoms with van der Waals surface area (Å²) in [5.41, 5.74) is -0.132. The second-order valence-corrected chi connectivity index (χ2v) is 4.62. The number of hydrogen-bond donors (Lipinski definition) is 1. The highest BCUT2D eigenvalue weighted by molar-refractivity contribution is 5.73. The molecule has 0 atom stereocenters. The van der Waals surface area contributed by atoms with Gasteiger partial charge in [0.15, 0.2) is 17.3 Å². The average Bonchev–Trinajstić information content (AvgIpc) is 2.99. The van der Waals surface area contributed by atoms with Crippen molar-refractivity contribution in [1.82, 2.24) is 15.4 Å². The van der Waals surface area contributed by atoms with Crippen molar-refractivity contribution in [3.05, 3.63) is 59.3 Å². The third-order valence-electron chi connectivity index (χ3n) is 3.15. The molecule has 2 aromatic carbocycles. The zero-order valence-electron chi connectivity index (χ0n) is 11.2. The number of aromatic amines is 1. The number of aromatic nitrogens is 3. The first kappa shape index (κ1) is 14.7. The van der Waals surface area contributed by atoms with Gasteiger partial charge >= 0.3 is 0 Å². The van der Waals surface area contributed by atoms with Gasteiger partial charge in [0, 0.05) is 17.2 Å². The van der Waals surface area contributed by atoms with Crippen molar-refractivity contribution in [2.75, 3.05) is 0 Å². The molecule has 0 saturated carbocycles. The first-order valence-electron chi connectivity index (χ1n) is 6.26. The molecule has 0 radical (unpaired) electrons. The Morgan fingerprint density at radius 2 is 1.57 bits per heavy atom. The van der Waals surface area contributed by atoms with Gasteiger partial charge in [-0.05, 0) is 29.8 Å². The Hall–Kier alpha value is -3.21. The molecule has 0 aliphatic heterocycles. The van der Waals surface area contributed by atoms with Crippen LogP contribution in [-0.4, -0.2) is 15.4 Å². The van der Waals surface area contributed by atoms with Crippen LogP contribution in [0.3, 0.4) is 0 Å². The molecule has 114 valence electrons. The summed E-state index contributed by atoms with van der Waals surface area (Å²) in [6.07, 6.45) is 0. The molecule has 0 fully saturated rings. The van der Waals surface area contributed by atoms with Crippen LogP contribution >= 0.6 is 0 Å². The summed E-state index contributed by atoms with van der Waals surface area (Å²) < 4.78 is 54.0. The van der Waals surface area contributed by atoms with Crippen LogP contribution in [0.1, 0.15) is 5.69 Å². The maximum absolute atomic E-state index is 13.9. The van der Waals surface area contributed by atoms with Gasteiger partial charge in [-0.15, -0.1) is 5.10 Å². The fourth-order valence-corrected chi connectivity index (χ4v) is 2.13. The zero-order valence-corrected chi connectivity index (χ0v) is 11.2. The van der Waals surface area contributed by atoms with Gasteiger partial charge in [0.25, 0.3) is 0 Å². The monoisotopic (exact) mass is 318 g/mol. The molecule has 23 heavy (non-hydrogen) atoms. The van der Waals surface area contributed by atoms with Crippen LogP contribution in [0, 0.1) is 34.6 Å². The largest absolute Gasteiger partial charge is 0.247 e. The van der Waals surface area contributed by atoms with Gasteiger partial charge in [0.1, 0.15) is 23.4 Å². The summed E-state index contributed by atoms with van der Waals surface area (Å²) in [5, 5.41) is 18.4. The standard InChI is InChI=1S/C15H6F4N4/c16-9-2-7(10-4-12(18)13(19)5-11(10)17)1-8(3-9)15-14(6-20)21-23-22-15/h1-5H,(H,21,22,23). The Kier molecular flexibility index (Phi) is 3.54. The summed E-state index contributed by atoms with van der Waals surface area (Å²) in [6.45, 7) is 0.